The summed E-state index contributed by atoms with van der Waals surface area (Å²) in [5.41, 5.74) is 13.1. The van der Waals surface area contributed by atoms with Gasteiger partial charge < -0.3 is 22.1 Å². The molecule has 0 heterocycles. The number of nitrogens with two attached hydrogens (primary N) is 2. The van der Waals surface area contributed by atoms with Gasteiger partial charge >= 0.3 is 6.03 Å². The highest BCUT2D eigenvalue weighted by Gasteiger charge is 2.28. The van der Waals surface area contributed by atoms with Gasteiger partial charge in [0.15, 0.2) is 0 Å². The second kappa shape index (κ2) is 7.26. The maximum absolute atomic E-state index is 12.1. The molecule has 1 saturated carbocycles. The molecule has 2 rings (SSSR count). The van der Waals surface area contributed by atoms with Crippen LogP contribution >= 0.6 is 0 Å². The summed E-state index contributed by atoms with van der Waals surface area (Å²) < 4.78 is 0. The molecular weight excluding hydrogens is 280 g/mol. The predicted molar refractivity (Wildman–Crippen MR) is 85.0 cm³/mol. The molecule has 2 unspecified atom stereocenters. The van der Waals surface area contributed by atoms with Crippen molar-refractivity contribution in [3.05, 3.63) is 35.4 Å². The first-order valence-corrected chi connectivity index (χ1v) is 7.61. The van der Waals surface area contributed by atoms with Crippen molar-refractivity contribution in [3.8, 4) is 0 Å². The van der Waals surface area contributed by atoms with Gasteiger partial charge in [-0.05, 0) is 36.8 Å². The van der Waals surface area contributed by atoms with Crippen LogP contribution < -0.4 is 22.1 Å². The van der Waals surface area contributed by atoms with Gasteiger partial charge in [0.2, 0.25) is 5.91 Å². The van der Waals surface area contributed by atoms with Crippen molar-refractivity contribution in [2.75, 3.05) is 6.54 Å². The lowest BCUT2D eigenvalue weighted by molar-refractivity contribution is -0.121. The number of aryl methyl sites for hydroxylation is 1. The number of rotatable bonds is 7. The molecule has 1 aliphatic carbocycles. The quantitative estimate of drug-likeness (QED) is 0.602. The Morgan fingerprint density at radius 1 is 1.32 bits per heavy atom. The number of carbonyl (C=O) groups excluding carboxylic acids is 2. The van der Waals surface area contributed by atoms with Gasteiger partial charge in [-0.2, -0.15) is 0 Å². The van der Waals surface area contributed by atoms with Gasteiger partial charge in [-0.3, -0.25) is 4.79 Å². The molecule has 2 atom stereocenters. The van der Waals surface area contributed by atoms with Crippen LogP contribution in [0.1, 0.15) is 36.4 Å². The third-order valence-corrected chi connectivity index (χ3v) is 4.03. The Bertz CT molecular complexity index is 543. The van der Waals surface area contributed by atoms with Crippen LogP contribution in [0.5, 0.6) is 0 Å². The largest absolute Gasteiger partial charge is 0.354 e. The summed E-state index contributed by atoms with van der Waals surface area (Å²) in [5.74, 6) is 0.398. The minimum Gasteiger partial charge on any atom is -0.354 e. The van der Waals surface area contributed by atoms with Crippen LogP contribution in [0.4, 0.5) is 4.79 Å². The number of amides is 3. The Balaban J connectivity index is 1.95. The second-order valence-corrected chi connectivity index (χ2v) is 5.93. The molecule has 1 aliphatic rings. The summed E-state index contributed by atoms with van der Waals surface area (Å²) in [6, 6.07) is 6.55. The summed E-state index contributed by atoms with van der Waals surface area (Å²) in [6.07, 6.45) is 2.43. The maximum Gasteiger partial charge on any atom is 0.312 e. The number of primary amides is 1. The predicted octanol–water partition coefficient (Wildman–Crippen LogP) is 0.948. The molecule has 1 aromatic rings. The van der Waals surface area contributed by atoms with Gasteiger partial charge in [-0.1, -0.05) is 24.3 Å². The smallest absolute Gasteiger partial charge is 0.312 e. The minimum atomic E-state index is -0.643. The molecule has 0 spiro atoms. The van der Waals surface area contributed by atoms with Crippen LogP contribution in [0.2, 0.25) is 0 Å². The topological polar surface area (TPSA) is 110 Å². The van der Waals surface area contributed by atoms with Gasteiger partial charge in [0.25, 0.3) is 0 Å². The van der Waals surface area contributed by atoms with Gasteiger partial charge in [0, 0.05) is 12.6 Å². The van der Waals surface area contributed by atoms with Crippen molar-refractivity contribution in [3.63, 3.8) is 0 Å². The summed E-state index contributed by atoms with van der Waals surface area (Å²) in [6.45, 7) is 2.41. The molecular formula is C16H24N4O2. The fraction of sp³-hybridized carbons (Fsp3) is 0.500. The standard InChI is InChI=1S/C16H24N4O2/c1-10-4-2-3-5-12(10)14(20-16(18)22)8-15(21)19-9-13(17)11-6-7-11/h2-5,11,13-14H,6-9,17H2,1H3,(H,19,21)(H3,18,20,22). The van der Waals surface area contributed by atoms with Gasteiger partial charge in [-0.25, -0.2) is 4.79 Å². The molecule has 120 valence electrons. The number of hydrogen-bond donors (Lipinski definition) is 4. The molecule has 3 amide bonds. The van der Waals surface area contributed by atoms with E-state index >= 15 is 0 Å². The van der Waals surface area contributed by atoms with E-state index in [0.29, 0.717) is 12.5 Å². The van der Waals surface area contributed by atoms with Crippen molar-refractivity contribution >= 4 is 11.9 Å². The number of urea groups is 1. The molecule has 6 N–H and O–H groups in total. The molecule has 1 fully saturated rings. The van der Waals surface area contributed by atoms with Crippen molar-refractivity contribution in [1.82, 2.24) is 10.6 Å². The third-order valence-electron chi connectivity index (χ3n) is 4.03. The molecule has 6 nitrogen and oxygen atoms in total. The molecule has 0 saturated heterocycles. The van der Waals surface area contributed by atoms with E-state index in [0.717, 1.165) is 24.0 Å². The third kappa shape index (κ3) is 4.73. The molecule has 0 radical (unpaired) electrons. The Hall–Kier alpha value is -2.08. The highest BCUT2D eigenvalue weighted by atomic mass is 16.2. The lowest BCUT2D eigenvalue weighted by Crippen LogP contribution is -2.41. The monoisotopic (exact) mass is 304 g/mol. The Morgan fingerprint density at radius 3 is 2.59 bits per heavy atom. The number of hydrogen-bond acceptors (Lipinski definition) is 3. The first-order valence-electron chi connectivity index (χ1n) is 7.61. The average Bonchev–Trinajstić information content (AvgIpc) is 3.28. The van der Waals surface area contributed by atoms with Crippen molar-refractivity contribution in [2.45, 2.75) is 38.3 Å². The fourth-order valence-corrected chi connectivity index (χ4v) is 2.57. The highest BCUT2D eigenvalue weighted by molar-refractivity contribution is 5.79. The zero-order valence-corrected chi connectivity index (χ0v) is 12.8. The summed E-state index contributed by atoms with van der Waals surface area (Å²) in [7, 11) is 0. The first-order chi connectivity index (χ1) is 10.5. The van der Waals surface area contributed by atoms with Crippen LogP contribution in [0.3, 0.4) is 0 Å². The van der Waals surface area contributed by atoms with Crippen LogP contribution in [0.25, 0.3) is 0 Å². The lowest BCUT2D eigenvalue weighted by atomic mass is 9.98. The molecule has 0 aromatic heterocycles. The van der Waals surface area contributed by atoms with E-state index in [1.54, 1.807) is 0 Å². The molecule has 6 heteroatoms. The van der Waals surface area contributed by atoms with Crippen molar-refractivity contribution < 1.29 is 9.59 Å². The van der Waals surface area contributed by atoms with Crippen LogP contribution in [-0.2, 0) is 4.79 Å². The van der Waals surface area contributed by atoms with Gasteiger partial charge in [0.1, 0.15) is 0 Å². The number of carbonyl (C=O) groups is 2. The van der Waals surface area contributed by atoms with E-state index in [2.05, 4.69) is 10.6 Å². The first kappa shape index (κ1) is 16.3. The van der Waals surface area contributed by atoms with E-state index in [1.807, 2.05) is 31.2 Å². The number of benzene rings is 1. The lowest BCUT2D eigenvalue weighted by Gasteiger charge is -2.20. The van der Waals surface area contributed by atoms with Crippen molar-refractivity contribution in [1.29, 1.82) is 0 Å². The molecule has 0 aliphatic heterocycles. The van der Waals surface area contributed by atoms with Crippen molar-refractivity contribution in [2.24, 2.45) is 17.4 Å². The van der Waals surface area contributed by atoms with E-state index in [4.69, 9.17) is 11.5 Å². The zero-order chi connectivity index (χ0) is 16.1. The van der Waals surface area contributed by atoms with Gasteiger partial charge in [0.05, 0.1) is 12.5 Å². The maximum atomic E-state index is 12.1. The summed E-state index contributed by atoms with van der Waals surface area (Å²) in [4.78, 5) is 23.3. The average molecular weight is 304 g/mol. The Kier molecular flexibility index (Phi) is 5.38. The van der Waals surface area contributed by atoms with Crippen LogP contribution in [-0.4, -0.2) is 24.5 Å². The fourth-order valence-electron chi connectivity index (χ4n) is 2.57. The zero-order valence-electron chi connectivity index (χ0n) is 12.8. The molecule has 22 heavy (non-hydrogen) atoms. The Morgan fingerprint density at radius 2 is 2.00 bits per heavy atom. The van der Waals surface area contributed by atoms with E-state index in [-0.39, 0.29) is 18.4 Å². The highest BCUT2D eigenvalue weighted by Crippen LogP contribution is 2.31. The second-order valence-electron chi connectivity index (χ2n) is 5.93. The minimum absolute atomic E-state index is 0.0185. The number of nitrogens with one attached hydrogen (secondary N) is 2. The van der Waals surface area contributed by atoms with Crippen LogP contribution in [0.15, 0.2) is 24.3 Å². The summed E-state index contributed by atoms with van der Waals surface area (Å²) >= 11 is 0. The van der Waals surface area contributed by atoms with E-state index in [9.17, 15) is 9.59 Å². The Labute approximate surface area is 130 Å². The van der Waals surface area contributed by atoms with Crippen LogP contribution in [0, 0.1) is 12.8 Å². The normalized spacial score (nSPS) is 16.6. The molecule has 1 aromatic carbocycles. The van der Waals surface area contributed by atoms with E-state index in [1.165, 1.54) is 0 Å². The SMILES string of the molecule is Cc1ccccc1C(CC(=O)NCC(N)C1CC1)NC(N)=O. The van der Waals surface area contributed by atoms with E-state index < -0.39 is 12.1 Å². The van der Waals surface area contributed by atoms with Gasteiger partial charge in [-0.15, -0.1) is 0 Å². The molecule has 0 bridgehead atoms. The summed E-state index contributed by atoms with van der Waals surface area (Å²) in [5, 5.41) is 5.48.